The highest BCUT2D eigenvalue weighted by atomic mass is 35.5. The summed E-state index contributed by atoms with van der Waals surface area (Å²) in [7, 11) is 0. The summed E-state index contributed by atoms with van der Waals surface area (Å²) in [5, 5.41) is 0.562. The predicted octanol–water partition coefficient (Wildman–Crippen LogP) is 4.22. The van der Waals surface area contributed by atoms with Gasteiger partial charge in [0.25, 0.3) is 11.8 Å². The molecule has 2 aliphatic heterocycles. The lowest BCUT2D eigenvalue weighted by Gasteiger charge is -2.56. The Morgan fingerprint density at radius 2 is 1.41 bits per heavy atom. The number of imide groups is 1. The highest BCUT2D eigenvalue weighted by molar-refractivity contribution is 6.30. The van der Waals surface area contributed by atoms with Gasteiger partial charge in [-0.25, -0.2) is 0 Å². The average Bonchev–Trinajstić information content (AvgIpc) is 3.04. The van der Waals surface area contributed by atoms with E-state index in [0.29, 0.717) is 21.8 Å². The van der Waals surface area contributed by atoms with E-state index in [9.17, 15) is 14.4 Å². The summed E-state index contributed by atoms with van der Waals surface area (Å²) < 4.78 is 0. The van der Waals surface area contributed by atoms with Crippen LogP contribution in [0, 0.1) is 0 Å². The number of pyridine rings is 1. The van der Waals surface area contributed by atoms with Gasteiger partial charge in [0.1, 0.15) is 6.04 Å². The van der Waals surface area contributed by atoms with Crippen molar-refractivity contribution in [2.24, 2.45) is 0 Å². The number of halogens is 1. The van der Waals surface area contributed by atoms with Crippen molar-refractivity contribution in [1.29, 1.82) is 0 Å². The first-order valence-corrected chi connectivity index (χ1v) is 10.7. The highest BCUT2D eigenvalue weighted by Gasteiger charge is 2.60. The molecule has 3 aromatic rings. The van der Waals surface area contributed by atoms with E-state index in [0.717, 1.165) is 10.5 Å². The molecule has 0 bridgehead atoms. The van der Waals surface area contributed by atoms with Crippen molar-refractivity contribution < 1.29 is 14.4 Å². The van der Waals surface area contributed by atoms with Gasteiger partial charge in [-0.15, -0.1) is 0 Å². The highest BCUT2D eigenvalue weighted by Crippen LogP contribution is 2.48. The summed E-state index contributed by atoms with van der Waals surface area (Å²) in [5.41, 5.74) is 1.38. The lowest BCUT2D eigenvalue weighted by Crippen LogP contribution is -2.70. The average molecular weight is 446 g/mol. The molecule has 2 atom stereocenters. The third kappa shape index (κ3) is 2.87. The molecule has 2 aromatic carbocycles. The van der Waals surface area contributed by atoms with E-state index in [1.165, 1.54) is 0 Å². The van der Waals surface area contributed by atoms with Gasteiger partial charge in [-0.2, -0.15) is 0 Å². The van der Waals surface area contributed by atoms with Crippen LogP contribution in [-0.4, -0.2) is 38.5 Å². The van der Waals surface area contributed by atoms with E-state index in [1.807, 2.05) is 44.2 Å². The molecule has 1 fully saturated rings. The summed E-state index contributed by atoms with van der Waals surface area (Å²) in [5.74, 6) is -1.19. The predicted molar refractivity (Wildman–Crippen MR) is 119 cm³/mol. The molecule has 0 N–H and O–H groups in total. The van der Waals surface area contributed by atoms with Crippen LogP contribution in [0.2, 0.25) is 5.02 Å². The number of benzene rings is 2. The molecule has 5 rings (SSSR count). The van der Waals surface area contributed by atoms with Gasteiger partial charge in [-0.3, -0.25) is 24.3 Å². The zero-order valence-electron chi connectivity index (χ0n) is 17.5. The van der Waals surface area contributed by atoms with Crippen LogP contribution in [0.4, 0.5) is 0 Å². The van der Waals surface area contributed by atoms with E-state index in [4.69, 9.17) is 11.6 Å². The first-order valence-electron chi connectivity index (χ1n) is 10.3. The molecule has 32 heavy (non-hydrogen) atoms. The van der Waals surface area contributed by atoms with Gasteiger partial charge in [0.15, 0.2) is 0 Å². The molecule has 7 heteroatoms. The van der Waals surface area contributed by atoms with Crippen LogP contribution in [0.25, 0.3) is 0 Å². The molecule has 1 saturated heterocycles. The van der Waals surface area contributed by atoms with Crippen LogP contribution >= 0.6 is 11.6 Å². The fraction of sp³-hybridized carbons (Fsp3) is 0.200. The quantitative estimate of drug-likeness (QED) is 0.445. The summed E-state index contributed by atoms with van der Waals surface area (Å²) in [6, 6.07) is 17.9. The third-order valence-electron chi connectivity index (χ3n) is 6.28. The monoisotopic (exact) mass is 445 g/mol. The first kappa shape index (κ1) is 20.4. The topological polar surface area (TPSA) is 70.6 Å². The molecular weight excluding hydrogens is 426 g/mol. The second-order valence-electron chi connectivity index (χ2n) is 8.45. The molecule has 0 spiro atoms. The number of hydrogen-bond acceptors (Lipinski definition) is 4. The number of nitrogens with zero attached hydrogens (tertiary/aromatic N) is 3. The second-order valence-corrected chi connectivity index (χ2v) is 8.89. The summed E-state index contributed by atoms with van der Waals surface area (Å²) >= 11 is 6.09. The van der Waals surface area contributed by atoms with Gasteiger partial charge in [0.2, 0.25) is 5.91 Å². The van der Waals surface area contributed by atoms with E-state index in [-0.39, 0.29) is 5.91 Å². The van der Waals surface area contributed by atoms with Crippen LogP contribution in [0.1, 0.15) is 51.9 Å². The van der Waals surface area contributed by atoms with Crippen molar-refractivity contribution in [2.45, 2.75) is 31.5 Å². The number of rotatable bonds is 4. The van der Waals surface area contributed by atoms with Gasteiger partial charge in [0.05, 0.1) is 28.4 Å². The number of fused-ring (bicyclic) bond motifs is 1. The zero-order chi connectivity index (χ0) is 22.6. The number of hydrogen-bond donors (Lipinski definition) is 0. The zero-order valence-corrected chi connectivity index (χ0v) is 18.3. The van der Waals surface area contributed by atoms with E-state index in [1.54, 1.807) is 47.5 Å². The Kier molecular flexibility index (Phi) is 4.64. The lowest BCUT2D eigenvalue weighted by molar-refractivity contribution is -0.168. The normalized spacial score (nSPS) is 20.4. The fourth-order valence-corrected chi connectivity index (χ4v) is 4.77. The fourth-order valence-electron chi connectivity index (χ4n) is 4.65. The minimum Gasteiger partial charge on any atom is -0.320 e. The molecule has 3 heterocycles. The Morgan fingerprint density at radius 1 is 0.812 bits per heavy atom. The van der Waals surface area contributed by atoms with Crippen molar-refractivity contribution in [1.82, 2.24) is 14.8 Å². The number of carbonyl (C=O) groups excluding carboxylic acids is 3. The van der Waals surface area contributed by atoms with Crippen molar-refractivity contribution in [3.8, 4) is 0 Å². The SMILES string of the molecule is CC(C)(c1ccccn1)N1C(=O)[C@@H](N2C(=O)c3ccccc3C2=O)[C@@H]1c1ccc(Cl)cc1. The maximum Gasteiger partial charge on any atom is 0.262 e. The Hall–Kier alpha value is -3.51. The molecule has 0 radical (unpaired) electrons. The molecule has 0 saturated carbocycles. The molecule has 3 amide bonds. The second kappa shape index (κ2) is 7.28. The summed E-state index contributed by atoms with van der Waals surface area (Å²) in [6.45, 7) is 3.82. The maximum atomic E-state index is 13.6. The molecule has 160 valence electrons. The van der Waals surface area contributed by atoms with Crippen LogP contribution < -0.4 is 0 Å². The van der Waals surface area contributed by atoms with E-state index >= 15 is 0 Å². The molecular formula is C25H20ClN3O3. The van der Waals surface area contributed by atoms with Crippen LogP contribution in [0.3, 0.4) is 0 Å². The Bertz CT molecular complexity index is 1210. The standard InChI is InChI=1S/C25H20ClN3O3/c1-25(2,19-9-5-6-14-27-19)29-20(15-10-12-16(26)13-11-15)21(24(29)32)28-22(30)17-7-3-4-8-18(17)23(28)31/h3-14,20-21H,1-2H3/t20-,21-/m0/s1. The van der Waals surface area contributed by atoms with Crippen molar-refractivity contribution >= 4 is 29.3 Å². The number of likely N-dealkylation sites (tertiary alicyclic amines) is 1. The number of amides is 3. The summed E-state index contributed by atoms with van der Waals surface area (Å²) in [6.07, 6.45) is 1.68. The molecule has 1 aromatic heterocycles. The molecule has 0 unspecified atom stereocenters. The Balaban J connectivity index is 1.60. The first-order chi connectivity index (χ1) is 15.3. The van der Waals surface area contributed by atoms with Gasteiger partial charge in [0, 0.05) is 11.2 Å². The van der Waals surface area contributed by atoms with Crippen molar-refractivity contribution in [3.63, 3.8) is 0 Å². The molecule has 6 nitrogen and oxygen atoms in total. The third-order valence-corrected chi connectivity index (χ3v) is 6.53. The Labute approximate surface area is 190 Å². The molecule has 2 aliphatic rings. The van der Waals surface area contributed by atoms with Crippen LogP contribution in [0.5, 0.6) is 0 Å². The van der Waals surface area contributed by atoms with Crippen molar-refractivity contribution in [2.75, 3.05) is 0 Å². The summed E-state index contributed by atoms with van der Waals surface area (Å²) in [4.78, 5) is 47.1. The lowest BCUT2D eigenvalue weighted by atomic mass is 9.80. The van der Waals surface area contributed by atoms with Gasteiger partial charge >= 0.3 is 0 Å². The minimum absolute atomic E-state index is 0.296. The van der Waals surface area contributed by atoms with Gasteiger partial charge < -0.3 is 4.90 Å². The van der Waals surface area contributed by atoms with Gasteiger partial charge in [-0.1, -0.05) is 41.9 Å². The van der Waals surface area contributed by atoms with E-state index < -0.39 is 29.4 Å². The molecule has 0 aliphatic carbocycles. The number of aromatic nitrogens is 1. The van der Waals surface area contributed by atoms with Crippen LogP contribution in [0.15, 0.2) is 72.9 Å². The largest absolute Gasteiger partial charge is 0.320 e. The minimum atomic E-state index is -0.938. The van der Waals surface area contributed by atoms with Crippen LogP contribution in [-0.2, 0) is 10.3 Å². The smallest absolute Gasteiger partial charge is 0.262 e. The van der Waals surface area contributed by atoms with Crippen molar-refractivity contribution in [3.05, 3.63) is 100 Å². The Morgan fingerprint density at radius 3 is 1.97 bits per heavy atom. The van der Waals surface area contributed by atoms with E-state index in [2.05, 4.69) is 4.98 Å². The maximum absolute atomic E-state index is 13.6. The number of β-lactam (4-membered cyclic amide) rings is 1. The number of carbonyl (C=O) groups is 3. The van der Waals surface area contributed by atoms with Gasteiger partial charge in [-0.05, 0) is 55.8 Å².